The Labute approximate surface area is 170 Å². The maximum atomic E-state index is 11.6. The molecule has 1 saturated heterocycles. The summed E-state index contributed by atoms with van der Waals surface area (Å²) in [5.41, 5.74) is 2.00. The highest BCUT2D eigenvalue weighted by Crippen LogP contribution is 2.35. The van der Waals surface area contributed by atoms with Crippen LogP contribution >= 0.6 is 0 Å². The largest absolute Gasteiger partial charge is 0.454 e. The van der Waals surface area contributed by atoms with E-state index < -0.39 is 0 Å². The van der Waals surface area contributed by atoms with E-state index in [1.54, 1.807) is 12.4 Å². The van der Waals surface area contributed by atoms with E-state index in [4.69, 9.17) is 14.6 Å². The standard InChI is InChI=1S/C21H26N4O4/c1-15(17-2-3-19-20(11-17)29-14-28-19)24-5-7-25(8-6-24)21-22-12-16(13-23-21)10-18(27)4-9-26/h2-3,11-13,15,26H,4-10,14H2,1H3/t15-/m0/s1. The number of ketones is 1. The minimum atomic E-state index is -0.118. The van der Waals surface area contributed by atoms with Crippen LogP contribution in [0.25, 0.3) is 0 Å². The first kappa shape index (κ1) is 19.6. The van der Waals surface area contributed by atoms with Crippen LogP contribution in [0.4, 0.5) is 5.95 Å². The van der Waals surface area contributed by atoms with Crippen molar-refractivity contribution in [1.82, 2.24) is 14.9 Å². The number of aliphatic hydroxyl groups excluding tert-OH is 1. The molecule has 0 bridgehead atoms. The van der Waals surface area contributed by atoms with E-state index in [9.17, 15) is 4.79 Å². The van der Waals surface area contributed by atoms with Gasteiger partial charge in [0.1, 0.15) is 5.78 Å². The molecular formula is C21H26N4O4. The molecule has 1 atom stereocenters. The number of benzene rings is 1. The van der Waals surface area contributed by atoms with Gasteiger partial charge < -0.3 is 19.5 Å². The summed E-state index contributed by atoms with van der Waals surface area (Å²) >= 11 is 0. The number of hydrogen-bond acceptors (Lipinski definition) is 8. The van der Waals surface area contributed by atoms with Crippen molar-refractivity contribution < 1.29 is 19.4 Å². The average molecular weight is 398 g/mol. The summed E-state index contributed by atoms with van der Waals surface area (Å²) in [7, 11) is 0. The van der Waals surface area contributed by atoms with Crippen LogP contribution in [-0.4, -0.2) is 65.3 Å². The zero-order valence-electron chi connectivity index (χ0n) is 16.6. The van der Waals surface area contributed by atoms with Crippen molar-refractivity contribution in [3.05, 3.63) is 41.7 Å². The van der Waals surface area contributed by atoms with Gasteiger partial charge in [0.25, 0.3) is 0 Å². The molecule has 3 heterocycles. The van der Waals surface area contributed by atoms with E-state index >= 15 is 0 Å². The molecule has 154 valence electrons. The Hall–Kier alpha value is -2.71. The van der Waals surface area contributed by atoms with Crippen LogP contribution in [-0.2, 0) is 11.2 Å². The zero-order chi connectivity index (χ0) is 20.2. The quantitative estimate of drug-likeness (QED) is 0.752. The number of Topliss-reactive ketones (excluding diaryl/α,β-unsaturated/α-hetero) is 1. The van der Waals surface area contributed by atoms with E-state index in [0.717, 1.165) is 43.2 Å². The predicted octanol–water partition coefficient (Wildman–Crippen LogP) is 1.58. The Morgan fingerprint density at radius 3 is 2.59 bits per heavy atom. The van der Waals surface area contributed by atoms with Gasteiger partial charge in [0.05, 0.1) is 0 Å². The van der Waals surface area contributed by atoms with Gasteiger partial charge in [-0.3, -0.25) is 9.69 Å². The first-order valence-corrected chi connectivity index (χ1v) is 9.96. The van der Waals surface area contributed by atoms with Crippen molar-refractivity contribution in [2.45, 2.75) is 25.8 Å². The molecular weight excluding hydrogens is 372 g/mol. The number of nitrogens with zero attached hydrogens (tertiary/aromatic N) is 4. The number of ether oxygens (including phenoxy) is 2. The lowest BCUT2D eigenvalue weighted by Crippen LogP contribution is -2.47. The normalized spacial score (nSPS) is 17.4. The van der Waals surface area contributed by atoms with Crippen LogP contribution in [0, 0.1) is 0 Å². The summed E-state index contributed by atoms with van der Waals surface area (Å²) < 4.78 is 10.9. The van der Waals surface area contributed by atoms with Crippen LogP contribution in [0.2, 0.25) is 0 Å². The van der Waals surface area contributed by atoms with Crippen LogP contribution in [0.3, 0.4) is 0 Å². The molecule has 0 radical (unpaired) electrons. The van der Waals surface area contributed by atoms with Crippen molar-refractivity contribution in [2.75, 3.05) is 44.5 Å². The Balaban J connectivity index is 1.32. The lowest BCUT2D eigenvalue weighted by Gasteiger charge is -2.38. The van der Waals surface area contributed by atoms with E-state index in [-0.39, 0.29) is 31.3 Å². The van der Waals surface area contributed by atoms with Crippen LogP contribution in [0.1, 0.15) is 30.5 Å². The summed E-state index contributed by atoms with van der Waals surface area (Å²) in [6.07, 6.45) is 3.85. The number of piperazine rings is 1. The van der Waals surface area contributed by atoms with Crippen LogP contribution in [0.5, 0.6) is 11.5 Å². The minimum Gasteiger partial charge on any atom is -0.454 e. The molecule has 2 aliphatic rings. The van der Waals surface area contributed by atoms with Gasteiger partial charge in [-0.25, -0.2) is 9.97 Å². The third-order valence-electron chi connectivity index (χ3n) is 5.51. The first-order chi connectivity index (χ1) is 14.1. The minimum absolute atomic E-state index is 0.00466. The maximum Gasteiger partial charge on any atom is 0.231 e. The molecule has 0 saturated carbocycles. The number of rotatable bonds is 7. The van der Waals surface area contributed by atoms with E-state index in [1.165, 1.54) is 5.56 Å². The fourth-order valence-electron chi connectivity index (χ4n) is 3.74. The lowest BCUT2D eigenvalue weighted by molar-refractivity contribution is -0.119. The van der Waals surface area contributed by atoms with Gasteiger partial charge >= 0.3 is 0 Å². The number of anilines is 1. The van der Waals surface area contributed by atoms with Gasteiger partial charge in [0.15, 0.2) is 11.5 Å². The second-order valence-corrected chi connectivity index (χ2v) is 7.39. The Morgan fingerprint density at radius 1 is 1.14 bits per heavy atom. The van der Waals surface area contributed by atoms with Crippen molar-refractivity contribution in [3.63, 3.8) is 0 Å². The third-order valence-corrected chi connectivity index (χ3v) is 5.51. The van der Waals surface area contributed by atoms with Gasteiger partial charge in [-0.15, -0.1) is 0 Å². The summed E-state index contributed by atoms with van der Waals surface area (Å²) in [5.74, 6) is 2.32. The van der Waals surface area contributed by atoms with Gasteiger partial charge in [-0.1, -0.05) is 6.07 Å². The lowest BCUT2D eigenvalue weighted by atomic mass is 10.1. The molecule has 8 heteroatoms. The number of carbonyl (C=O) groups is 1. The molecule has 8 nitrogen and oxygen atoms in total. The Bertz CT molecular complexity index is 850. The average Bonchev–Trinajstić information content (AvgIpc) is 3.22. The summed E-state index contributed by atoms with van der Waals surface area (Å²) in [4.78, 5) is 25.1. The number of fused-ring (bicyclic) bond motifs is 1. The number of hydrogen-bond donors (Lipinski definition) is 1. The maximum absolute atomic E-state index is 11.6. The molecule has 2 aromatic rings. The molecule has 4 rings (SSSR count). The fourth-order valence-corrected chi connectivity index (χ4v) is 3.74. The highest BCUT2D eigenvalue weighted by molar-refractivity contribution is 5.80. The summed E-state index contributed by atoms with van der Waals surface area (Å²) in [5, 5.41) is 8.83. The molecule has 2 aliphatic heterocycles. The molecule has 1 aromatic heterocycles. The molecule has 0 aliphatic carbocycles. The molecule has 1 aromatic carbocycles. The zero-order valence-corrected chi connectivity index (χ0v) is 16.6. The summed E-state index contributed by atoms with van der Waals surface area (Å²) in [6.45, 7) is 5.90. The Morgan fingerprint density at radius 2 is 1.86 bits per heavy atom. The van der Waals surface area contributed by atoms with E-state index in [1.807, 2.05) is 6.07 Å². The molecule has 1 fully saturated rings. The smallest absolute Gasteiger partial charge is 0.231 e. The number of aliphatic hydroxyl groups is 1. The Kier molecular flexibility index (Phi) is 5.92. The molecule has 0 amide bonds. The van der Waals surface area contributed by atoms with Gasteiger partial charge in [-0.05, 0) is 30.2 Å². The van der Waals surface area contributed by atoms with Crippen LogP contribution in [0.15, 0.2) is 30.6 Å². The fraction of sp³-hybridized carbons (Fsp3) is 0.476. The second-order valence-electron chi connectivity index (χ2n) is 7.39. The highest BCUT2D eigenvalue weighted by Gasteiger charge is 2.25. The topological polar surface area (TPSA) is 88.0 Å². The van der Waals surface area contributed by atoms with Crippen molar-refractivity contribution >= 4 is 11.7 Å². The number of aromatic nitrogens is 2. The predicted molar refractivity (Wildman–Crippen MR) is 107 cm³/mol. The second kappa shape index (κ2) is 8.75. The van der Waals surface area contributed by atoms with Crippen molar-refractivity contribution in [2.24, 2.45) is 0 Å². The third kappa shape index (κ3) is 4.49. The van der Waals surface area contributed by atoms with E-state index in [0.29, 0.717) is 12.7 Å². The van der Waals surface area contributed by atoms with E-state index in [2.05, 4.69) is 38.8 Å². The van der Waals surface area contributed by atoms with Crippen molar-refractivity contribution in [3.8, 4) is 11.5 Å². The molecule has 0 spiro atoms. The highest BCUT2D eigenvalue weighted by atomic mass is 16.7. The monoisotopic (exact) mass is 398 g/mol. The van der Waals surface area contributed by atoms with Gasteiger partial charge in [-0.2, -0.15) is 0 Å². The number of carbonyl (C=O) groups excluding carboxylic acids is 1. The van der Waals surface area contributed by atoms with Gasteiger partial charge in [0, 0.05) is 64.1 Å². The molecule has 1 N–H and O–H groups in total. The summed E-state index contributed by atoms with van der Waals surface area (Å²) in [6, 6.07) is 6.43. The van der Waals surface area contributed by atoms with Gasteiger partial charge in [0.2, 0.25) is 12.7 Å². The van der Waals surface area contributed by atoms with Crippen LogP contribution < -0.4 is 14.4 Å². The molecule has 29 heavy (non-hydrogen) atoms. The SMILES string of the molecule is C[C@@H](c1ccc2c(c1)OCO2)N1CCN(c2ncc(CC(=O)CCO)cn2)CC1. The van der Waals surface area contributed by atoms with Crippen molar-refractivity contribution in [1.29, 1.82) is 0 Å². The molecule has 0 unspecified atom stereocenters. The first-order valence-electron chi connectivity index (χ1n) is 9.96.